The van der Waals surface area contributed by atoms with Gasteiger partial charge >= 0.3 is 0 Å². The van der Waals surface area contributed by atoms with Crippen molar-refractivity contribution >= 4 is 5.91 Å². The first-order valence-electron chi connectivity index (χ1n) is 7.20. The highest BCUT2D eigenvalue weighted by Crippen LogP contribution is 2.21. The number of morpholine rings is 1. The highest BCUT2D eigenvalue weighted by Gasteiger charge is 2.29. The Morgan fingerprint density at radius 2 is 2.05 bits per heavy atom. The van der Waals surface area contributed by atoms with Gasteiger partial charge in [0, 0.05) is 25.8 Å². The molecule has 6 heteroatoms. The molecule has 0 aliphatic carbocycles. The average Bonchev–Trinajstić information content (AvgIpc) is 2.80. The minimum Gasteiger partial charge on any atom is -0.476 e. The molecule has 1 aliphatic rings. The van der Waals surface area contributed by atoms with Gasteiger partial charge in [-0.15, -0.1) is 5.10 Å². The second-order valence-corrected chi connectivity index (χ2v) is 5.10. The van der Waals surface area contributed by atoms with Gasteiger partial charge in [-0.2, -0.15) is 0 Å². The molecule has 0 spiro atoms. The van der Waals surface area contributed by atoms with E-state index >= 15 is 0 Å². The van der Waals surface area contributed by atoms with E-state index in [9.17, 15) is 4.79 Å². The number of ether oxygens (including phenoxy) is 2. The fraction of sp³-hybridized carbons (Fsp3) is 0.714. The molecule has 20 heavy (non-hydrogen) atoms. The fourth-order valence-electron chi connectivity index (χ4n) is 2.47. The topological polar surface area (TPSA) is 56.6 Å². The first kappa shape index (κ1) is 14.8. The largest absolute Gasteiger partial charge is 0.476 e. The number of aryl methyl sites for hydroxylation is 1. The van der Waals surface area contributed by atoms with Crippen molar-refractivity contribution in [2.24, 2.45) is 0 Å². The lowest BCUT2D eigenvalue weighted by Gasteiger charge is -2.35. The standard InChI is InChI=1S/C14H23N3O3/c1-5-17-9-12(13(15-17)19-6-2)14(18)16-7-10(3)20-11(4)8-16/h9-11H,5-8H2,1-4H3. The molecule has 6 nitrogen and oxygen atoms in total. The second-order valence-electron chi connectivity index (χ2n) is 5.10. The number of hydrogen-bond acceptors (Lipinski definition) is 4. The van der Waals surface area contributed by atoms with Gasteiger partial charge < -0.3 is 14.4 Å². The van der Waals surface area contributed by atoms with Crippen molar-refractivity contribution in [2.75, 3.05) is 19.7 Å². The smallest absolute Gasteiger partial charge is 0.261 e. The van der Waals surface area contributed by atoms with Crippen LogP contribution >= 0.6 is 0 Å². The fourth-order valence-corrected chi connectivity index (χ4v) is 2.47. The molecule has 1 aliphatic heterocycles. The van der Waals surface area contributed by atoms with Gasteiger partial charge in [0.05, 0.1) is 18.8 Å². The number of carbonyl (C=O) groups is 1. The molecule has 1 saturated heterocycles. The quantitative estimate of drug-likeness (QED) is 0.840. The van der Waals surface area contributed by atoms with Crippen LogP contribution in [0.5, 0.6) is 5.88 Å². The summed E-state index contributed by atoms with van der Waals surface area (Å²) in [7, 11) is 0. The van der Waals surface area contributed by atoms with Gasteiger partial charge in [-0.1, -0.05) is 0 Å². The van der Waals surface area contributed by atoms with Crippen molar-refractivity contribution in [2.45, 2.75) is 46.4 Å². The van der Waals surface area contributed by atoms with Crippen molar-refractivity contribution in [1.29, 1.82) is 0 Å². The van der Waals surface area contributed by atoms with Gasteiger partial charge in [0.15, 0.2) is 0 Å². The second kappa shape index (κ2) is 6.26. The van der Waals surface area contributed by atoms with E-state index in [-0.39, 0.29) is 18.1 Å². The van der Waals surface area contributed by atoms with Gasteiger partial charge in [0.1, 0.15) is 5.56 Å². The Balaban J connectivity index is 2.21. The molecule has 0 saturated carbocycles. The Kier molecular flexibility index (Phi) is 4.65. The summed E-state index contributed by atoms with van der Waals surface area (Å²) in [6, 6.07) is 0. The molecule has 2 heterocycles. The lowest BCUT2D eigenvalue weighted by atomic mass is 10.2. The van der Waals surface area contributed by atoms with Crippen molar-refractivity contribution in [3.05, 3.63) is 11.8 Å². The molecular formula is C14H23N3O3. The summed E-state index contributed by atoms with van der Waals surface area (Å²) in [5.41, 5.74) is 0.537. The van der Waals surface area contributed by atoms with Crippen molar-refractivity contribution in [3.63, 3.8) is 0 Å². The van der Waals surface area contributed by atoms with E-state index in [0.29, 0.717) is 37.7 Å². The predicted molar refractivity (Wildman–Crippen MR) is 75.0 cm³/mol. The molecule has 1 amide bonds. The number of rotatable bonds is 4. The Labute approximate surface area is 119 Å². The third kappa shape index (κ3) is 3.12. The summed E-state index contributed by atoms with van der Waals surface area (Å²) in [4.78, 5) is 14.5. The highest BCUT2D eigenvalue weighted by molar-refractivity contribution is 5.96. The van der Waals surface area contributed by atoms with E-state index in [0.717, 1.165) is 0 Å². The van der Waals surface area contributed by atoms with Crippen LogP contribution in [0.4, 0.5) is 0 Å². The first-order valence-corrected chi connectivity index (χ1v) is 7.20. The van der Waals surface area contributed by atoms with Crippen LogP contribution < -0.4 is 4.74 Å². The van der Waals surface area contributed by atoms with E-state index in [4.69, 9.17) is 9.47 Å². The maximum Gasteiger partial charge on any atom is 0.261 e. The molecule has 2 unspecified atom stereocenters. The van der Waals surface area contributed by atoms with Crippen molar-refractivity contribution < 1.29 is 14.3 Å². The number of hydrogen-bond donors (Lipinski definition) is 0. The summed E-state index contributed by atoms with van der Waals surface area (Å²) < 4.78 is 12.9. The zero-order chi connectivity index (χ0) is 14.7. The maximum atomic E-state index is 12.7. The highest BCUT2D eigenvalue weighted by atomic mass is 16.5. The lowest BCUT2D eigenvalue weighted by Crippen LogP contribution is -2.48. The number of aromatic nitrogens is 2. The van der Waals surface area contributed by atoms with Crippen LogP contribution in [-0.2, 0) is 11.3 Å². The lowest BCUT2D eigenvalue weighted by molar-refractivity contribution is -0.0586. The van der Waals surface area contributed by atoms with Crippen molar-refractivity contribution in [3.8, 4) is 5.88 Å². The molecule has 2 atom stereocenters. The minimum atomic E-state index is -0.0323. The zero-order valence-electron chi connectivity index (χ0n) is 12.6. The Morgan fingerprint density at radius 3 is 2.60 bits per heavy atom. The number of carbonyl (C=O) groups excluding carboxylic acids is 1. The van der Waals surface area contributed by atoms with E-state index in [1.165, 1.54) is 0 Å². The number of nitrogens with zero attached hydrogens (tertiary/aromatic N) is 3. The molecule has 0 bridgehead atoms. The molecule has 2 rings (SSSR count). The average molecular weight is 281 g/mol. The monoisotopic (exact) mass is 281 g/mol. The van der Waals surface area contributed by atoms with Gasteiger partial charge in [0.25, 0.3) is 5.91 Å². The predicted octanol–water partition coefficient (Wildman–Crippen LogP) is 1.55. The summed E-state index contributed by atoms with van der Waals surface area (Å²) in [6.07, 6.45) is 1.87. The Morgan fingerprint density at radius 1 is 1.40 bits per heavy atom. The molecule has 0 N–H and O–H groups in total. The molecule has 112 valence electrons. The van der Waals surface area contributed by atoms with Crippen LogP contribution in [0.1, 0.15) is 38.1 Å². The van der Waals surface area contributed by atoms with E-state index < -0.39 is 0 Å². The molecular weight excluding hydrogens is 258 g/mol. The molecule has 0 aromatic carbocycles. The van der Waals surface area contributed by atoms with Crippen LogP contribution in [0.2, 0.25) is 0 Å². The molecule has 1 aromatic rings. The minimum absolute atomic E-state index is 0.0323. The third-order valence-corrected chi connectivity index (χ3v) is 3.27. The van der Waals surface area contributed by atoms with Gasteiger partial charge in [-0.3, -0.25) is 9.48 Å². The van der Waals surface area contributed by atoms with Crippen LogP contribution in [0.25, 0.3) is 0 Å². The van der Waals surface area contributed by atoms with Crippen LogP contribution in [0.15, 0.2) is 6.20 Å². The Bertz CT molecular complexity index is 462. The van der Waals surface area contributed by atoms with E-state index in [2.05, 4.69) is 5.10 Å². The van der Waals surface area contributed by atoms with Crippen LogP contribution in [0.3, 0.4) is 0 Å². The third-order valence-electron chi connectivity index (χ3n) is 3.27. The van der Waals surface area contributed by atoms with Gasteiger partial charge in [0.2, 0.25) is 5.88 Å². The maximum absolute atomic E-state index is 12.7. The van der Waals surface area contributed by atoms with Crippen LogP contribution in [-0.4, -0.2) is 52.5 Å². The van der Waals surface area contributed by atoms with E-state index in [1.54, 1.807) is 10.9 Å². The molecule has 1 fully saturated rings. The Hall–Kier alpha value is -1.56. The van der Waals surface area contributed by atoms with Crippen molar-refractivity contribution in [1.82, 2.24) is 14.7 Å². The van der Waals surface area contributed by atoms with Crippen LogP contribution in [0, 0.1) is 0 Å². The first-order chi connectivity index (χ1) is 9.55. The zero-order valence-corrected chi connectivity index (χ0v) is 12.6. The number of amides is 1. The van der Waals surface area contributed by atoms with E-state index in [1.807, 2.05) is 32.6 Å². The van der Waals surface area contributed by atoms with Gasteiger partial charge in [-0.05, 0) is 27.7 Å². The summed E-state index contributed by atoms with van der Waals surface area (Å²) in [5, 5.41) is 4.29. The summed E-state index contributed by atoms with van der Waals surface area (Å²) >= 11 is 0. The molecule has 1 aromatic heterocycles. The normalized spacial score (nSPS) is 22.9. The molecule has 0 radical (unpaired) electrons. The SMILES string of the molecule is CCOc1nn(CC)cc1C(=O)N1CC(C)OC(C)C1. The summed E-state index contributed by atoms with van der Waals surface area (Å²) in [6.45, 7) is 10.2. The van der Waals surface area contributed by atoms with Gasteiger partial charge in [-0.25, -0.2) is 0 Å². The summed E-state index contributed by atoms with van der Waals surface area (Å²) in [5.74, 6) is 0.390.